The van der Waals surface area contributed by atoms with Crippen LogP contribution in [0.1, 0.15) is 26.3 Å². The first-order valence-corrected chi connectivity index (χ1v) is 18.9. The van der Waals surface area contributed by atoms with Gasteiger partial charge >= 0.3 is 0 Å². The molecule has 10 aromatic rings. The van der Waals surface area contributed by atoms with Crippen molar-refractivity contribution in [1.82, 2.24) is 4.57 Å². The van der Waals surface area contributed by atoms with Gasteiger partial charge in [0.1, 0.15) is 0 Å². The highest BCUT2D eigenvalue weighted by Crippen LogP contribution is 2.43. The molecule has 0 bridgehead atoms. The summed E-state index contributed by atoms with van der Waals surface area (Å²) in [6, 6.07) is 69.1. The van der Waals surface area contributed by atoms with E-state index in [2.05, 4.69) is 218 Å². The largest absolute Gasteiger partial charge is 0.310 e. The molecule has 0 spiro atoms. The SMILES string of the molecule is CC(C)(C)c1ccc(N(c2ccc3c4ccccc4c4ccccc4c3c2)c2ccc3c4ccccc4n(-c4ccc(-c5ccccc5)cc4)c3c2)cc1. The summed E-state index contributed by atoms with van der Waals surface area (Å²) < 4.78 is 2.42. The zero-order chi connectivity index (χ0) is 36.4. The van der Waals surface area contributed by atoms with Crippen molar-refractivity contribution in [1.29, 1.82) is 0 Å². The molecule has 10 rings (SSSR count). The Morgan fingerprint density at radius 3 is 1.44 bits per heavy atom. The van der Waals surface area contributed by atoms with Crippen LogP contribution in [0, 0.1) is 0 Å². The second kappa shape index (κ2) is 12.5. The first-order valence-electron chi connectivity index (χ1n) is 18.9. The first kappa shape index (κ1) is 32.0. The smallest absolute Gasteiger partial charge is 0.0561 e. The Balaban J connectivity index is 1.20. The second-order valence-corrected chi connectivity index (χ2v) is 15.4. The Morgan fingerprint density at radius 1 is 0.352 bits per heavy atom. The summed E-state index contributed by atoms with van der Waals surface area (Å²) in [7, 11) is 0. The predicted octanol–water partition coefficient (Wildman–Crippen LogP) is 14.7. The second-order valence-electron chi connectivity index (χ2n) is 15.4. The highest BCUT2D eigenvalue weighted by molar-refractivity contribution is 6.25. The Labute approximate surface area is 316 Å². The molecule has 0 saturated carbocycles. The van der Waals surface area contributed by atoms with Gasteiger partial charge in [-0.15, -0.1) is 0 Å². The minimum absolute atomic E-state index is 0.0577. The van der Waals surface area contributed by atoms with E-state index in [0.717, 1.165) is 22.7 Å². The lowest BCUT2D eigenvalue weighted by molar-refractivity contribution is 0.590. The van der Waals surface area contributed by atoms with Crippen molar-refractivity contribution < 1.29 is 0 Å². The molecule has 0 aliphatic heterocycles. The number of rotatable bonds is 5. The van der Waals surface area contributed by atoms with Crippen LogP contribution in [-0.2, 0) is 5.41 Å². The Hall–Kier alpha value is -6.64. The molecule has 1 heterocycles. The molecule has 0 aliphatic rings. The van der Waals surface area contributed by atoms with Crippen molar-refractivity contribution in [2.24, 2.45) is 0 Å². The number of anilines is 3. The van der Waals surface area contributed by atoms with Crippen LogP contribution < -0.4 is 4.90 Å². The summed E-state index contributed by atoms with van der Waals surface area (Å²) in [5.41, 5.74) is 10.7. The molecule has 54 heavy (non-hydrogen) atoms. The molecule has 9 aromatic carbocycles. The van der Waals surface area contributed by atoms with Gasteiger partial charge in [0.2, 0.25) is 0 Å². The Kier molecular flexibility index (Phi) is 7.42. The third kappa shape index (κ3) is 5.25. The number of nitrogens with zero attached hydrogens (tertiary/aromatic N) is 2. The highest BCUT2D eigenvalue weighted by atomic mass is 15.1. The normalized spacial score (nSPS) is 12.0. The summed E-state index contributed by atoms with van der Waals surface area (Å²) in [5.74, 6) is 0. The lowest BCUT2D eigenvalue weighted by Crippen LogP contribution is -2.13. The maximum atomic E-state index is 2.43. The Bertz CT molecular complexity index is 2960. The van der Waals surface area contributed by atoms with Crippen LogP contribution in [0.4, 0.5) is 17.1 Å². The molecular weight excluding hydrogens is 653 g/mol. The minimum atomic E-state index is 0.0577. The van der Waals surface area contributed by atoms with Crippen LogP contribution in [-0.4, -0.2) is 4.57 Å². The van der Waals surface area contributed by atoms with Gasteiger partial charge in [-0.25, -0.2) is 0 Å². The van der Waals surface area contributed by atoms with Crippen LogP contribution in [0.2, 0.25) is 0 Å². The highest BCUT2D eigenvalue weighted by Gasteiger charge is 2.20. The van der Waals surface area contributed by atoms with Gasteiger partial charge in [0.05, 0.1) is 11.0 Å². The van der Waals surface area contributed by atoms with E-state index in [1.54, 1.807) is 0 Å². The summed E-state index contributed by atoms with van der Waals surface area (Å²) in [6.45, 7) is 6.83. The maximum absolute atomic E-state index is 2.43. The van der Waals surface area contributed by atoms with Gasteiger partial charge < -0.3 is 9.47 Å². The van der Waals surface area contributed by atoms with Crippen molar-refractivity contribution in [2.45, 2.75) is 26.2 Å². The molecule has 2 nitrogen and oxygen atoms in total. The fourth-order valence-corrected chi connectivity index (χ4v) is 8.40. The maximum Gasteiger partial charge on any atom is 0.0561 e. The standard InChI is InChI=1S/C52H40N2/c1-52(2,3)37-23-27-38(28-24-37)53(40-29-31-46-44-17-8-7-15-42(44)43-16-9-10-18-45(43)49(46)33-40)41-30-32-48-47-19-11-12-20-50(47)54(51(48)34-41)39-25-21-36(22-26-39)35-13-5-4-6-14-35/h4-34H,1-3H3. The fraction of sp³-hybridized carbons (Fsp3) is 0.0769. The van der Waals surface area contributed by atoms with Crippen molar-refractivity contribution in [3.8, 4) is 16.8 Å². The Morgan fingerprint density at radius 2 is 0.815 bits per heavy atom. The minimum Gasteiger partial charge on any atom is -0.310 e. The molecule has 2 heteroatoms. The monoisotopic (exact) mass is 692 g/mol. The molecule has 0 atom stereocenters. The van der Waals surface area contributed by atoms with Gasteiger partial charge in [-0.05, 0) is 109 Å². The van der Waals surface area contributed by atoms with Crippen molar-refractivity contribution in [2.75, 3.05) is 4.90 Å². The van der Waals surface area contributed by atoms with E-state index in [9.17, 15) is 0 Å². The fourth-order valence-electron chi connectivity index (χ4n) is 8.40. The van der Waals surface area contributed by atoms with Gasteiger partial charge in [-0.3, -0.25) is 0 Å². The third-order valence-corrected chi connectivity index (χ3v) is 11.1. The predicted molar refractivity (Wildman–Crippen MR) is 232 cm³/mol. The zero-order valence-electron chi connectivity index (χ0n) is 30.8. The molecule has 0 amide bonds. The third-order valence-electron chi connectivity index (χ3n) is 11.1. The molecule has 258 valence electrons. The first-order chi connectivity index (χ1) is 26.4. The van der Waals surface area contributed by atoms with Gasteiger partial charge in [-0.2, -0.15) is 0 Å². The van der Waals surface area contributed by atoms with Gasteiger partial charge in [0.15, 0.2) is 0 Å². The summed E-state index contributed by atoms with van der Waals surface area (Å²) in [5, 5.41) is 10.1. The van der Waals surface area contributed by atoms with E-state index >= 15 is 0 Å². The number of benzene rings is 9. The van der Waals surface area contributed by atoms with Crippen LogP contribution in [0.15, 0.2) is 188 Å². The van der Waals surface area contributed by atoms with Crippen LogP contribution >= 0.6 is 0 Å². The summed E-state index contributed by atoms with van der Waals surface area (Å²) in [6.07, 6.45) is 0. The van der Waals surface area contributed by atoms with E-state index in [1.807, 2.05) is 0 Å². The van der Waals surface area contributed by atoms with E-state index < -0.39 is 0 Å². The molecule has 0 radical (unpaired) electrons. The zero-order valence-corrected chi connectivity index (χ0v) is 30.8. The van der Waals surface area contributed by atoms with Crippen LogP contribution in [0.5, 0.6) is 0 Å². The average molecular weight is 693 g/mol. The van der Waals surface area contributed by atoms with Crippen molar-refractivity contribution in [3.05, 3.63) is 194 Å². The van der Waals surface area contributed by atoms with Crippen molar-refractivity contribution in [3.63, 3.8) is 0 Å². The van der Waals surface area contributed by atoms with E-state index in [1.165, 1.54) is 70.8 Å². The molecule has 1 aromatic heterocycles. The summed E-state index contributed by atoms with van der Waals surface area (Å²) >= 11 is 0. The molecule has 0 N–H and O–H groups in total. The van der Waals surface area contributed by atoms with E-state index in [0.29, 0.717) is 0 Å². The molecule has 0 saturated heterocycles. The van der Waals surface area contributed by atoms with E-state index in [4.69, 9.17) is 0 Å². The number of fused-ring (bicyclic) bond motifs is 9. The average Bonchev–Trinajstić information content (AvgIpc) is 3.55. The molecular formula is C52H40N2. The molecule has 0 fully saturated rings. The number of hydrogen-bond donors (Lipinski definition) is 0. The van der Waals surface area contributed by atoms with Gasteiger partial charge in [0.25, 0.3) is 0 Å². The summed E-state index contributed by atoms with van der Waals surface area (Å²) in [4.78, 5) is 2.43. The van der Waals surface area contributed by atoms with Crippen LogP contribution in [0.3, 0.4) is 0 Å². The van der Waals surface area contributed by atoms with Crippen molar-refractivity contribution >= 4 is 71.2 Å². The van der Waals surface area contributed by atoms with Gasteiger partial charge in [0, 0.05) is 33.5 Å². The molecule has 0 aliphatic carbocycles. The molecule has 0 unspecified atom stereocenters. The number of aromatic nitrogens is 1. The van der Waals surface area contributed by atoms with Crippen LogP contribution in [0.25, 0.3) is 70.9 Å². The number of hydrogen-bond acceptors (Lipinski definition) is 1. The topological polar surface area (TPSA) is 8.17 Å². The van der Waals surface area contributed by atoms with Gasteiger partial charge in [-0.1, -0.05) is 154 Å². The lowest BCUT2D eigenvalue weighted by Gasteiger charge is -2.28. The van der Waals surface area contributed by atoms with E-state index in [-0.39, 0.29) is 5.41 Å². The lowest BCUT2D eigenvalue weighted by atomic mass is 9.87. The number of para-hydroxylation sites is 1. The quantitative estimate of drug-likeness (QED) is 0.163.